The van der Waals surface area contributed by atoms with Crippen molar-refractivity contribution in [3.63, 3.8) is 0 Å². The highest BCUT2D eigenvalue weighted by Gasteiger charge is 2.32. The molecule has 116 valence electrons. The van der Waals surface area contributed by atoms with Gasteiger partial charge in [-0.3, -0.25) is 9.69 Å². The first-order valence-electron chi connectivity index (χ1n) is 7.70. The van der Waals surface area contributed by atoms with Gasteiger partial charge < -0.3 is 10.6 Å². The van der Waals surface area contributed by atoms with E-state index in [4.69, 9.17) is 0 Å². The maximum absolute atomic E-state index is 11.1. The van der Waals surface area contributed by atoms with Gasteiger partial charge in [-0.2, -0.15) is 0 Å². The predicted octanol–water partition coefficient (Wildman–Crippen LogP) is 2.64. The van der Waals surface area contributed by atoms with Crippen molar-refractivity contribution < 1.29 is 4.79 Å². The van der Waals surface area contributed by atoms with Crippen molar-refractivity contribution in [3.8, 4) is 0 Å². The number of anilines is 1. The van der Waals surface area contributed by atoms with Crippen molar-refractivity contribution in [1.29, 1.82) is 0 Å². The number of rotatable bonds is 3. The lowest BCUT2D eigenvalue weighted by molar-refractivity contribution is -0.114. The smallest absolute Gasteiger partial charge is 0.221 e. The zero-order valence-corrected chi connectivity index (χ0v) is 13.6. The summed E-state index contributed by atoms with van der Waals surface area (Å²) in [6, 6.07) is 8.67. The molecule has 0 aliphatic carbocycles. The zero-order chi connectivity index (χ0) is 15.5. The van der Waals surface area contributed by atoms with Crippen molar-refractivity contribution in [2.75, 3.05) is 31.5 Å². The first-order valence-corrected chi connectivity index (χ1v) is 7.70. The third-order valence-electron chi connectivity index (χ3n) is 3.88. The van der Waals surface area contributed by atoms with E-state index in [1.165, 1.54) is 12.5 Å². The number of nitrogens with zero attached hydrogens (tertiary/aromatic N) is 1. The van der Waals surface area contributed by atoms with Crippen LogP contribution in [0.2, 0.25) is 0 Å². The fourth-order valence-electron chi connectivity index (χ4n) is 3.15. The molecular weight excluding hydrogens is 262 g/mol. The number of benzene rings is 1. The molecule has 4 heteroatoms. The van der Waals surface area contributed by atoms with Gasteiger partial charge in [0.05, 0.1) is 0 Å². The predicted molar refractivity (Wildman–Crippen MR) is 87.4 cm³/mol. The van der Waals surface area contributed by atoms with Crippen LogP contribution in [0, 0.1) is 5.41 Å². The molecule has 1 heterocycles. The van der Waals surface area contributed by atoms with Crippen molar-refractivity contribution in [2.24, 2.45) is 5.41 Å². The Morgan fingerprint density at radius 2 is 1.76 bits per heavy atom. The third-order valence-corrected chi connectivity index (χ3v) is 3.88. The van der Waals surface area contributed by atoms with Gasteiger partial charge in [-0.05, 0) is 23.1 Å². The summed E-state index contributed by atoms with van der Waals surface area (Å²) in [5, 5.41) is 6.24. The summed E-state index contributed by atoms with van der Waals surface area (Å²) in [5.74, 6) is -0.0303. The minimum Gasteiger partial charge on any atom is -0.326 e. The lowest BCUT2D eigenvalue weighted by Crippen LogP contribution is -2.48. The Morgan fingerprint density at radius 3 is 2.24 bits per heavy atom. The maximum atomic E-state index is 11.1. The molecule has 1 aromatic carbocycles. The van der Waals surface area contributed by atoms with Gasteiger partial charge in [-0.25, -0.2) is 0 Å². The molecule has 21 heavy (non-hydrogen) atoms. The van der Waals surface area contributed by atoms with Crippen LogP contribution in [0.25, 0.3) is 0 Å². The van der Waals surface area contributed by atoms with Crippen LogP contribution < -0.4 is 10.6 Å². The van der Waals surface area contributed by atoms with Gasteiger partial charge in [-0.15, -0.1) is 0 Å². The molecule has 0 bridgehead atoms. The van der Waals surface area contributed by atoms with Crippen LogP contribution in [0.3, 0.4) is 0 Å². The quantitative estimate of drug-likeness (QED) is 0.899. The summed E-state index contributed by atoms with van der Waals surface area (Å²) in [6.45, 7) is 12.7. The van der Waals surface area contributed by atoms with Crippen molar-refractivity contribution in [1.82, 2.24) is 10.2 Å². The van der Waals surface area contributed by atoms with Gasteiger partial charge in [0, 0.05) is 44.8 Å². The molecule has 0 saturated carbocycles. The maximum Gasteiger partial charge on any atom is 0.221 e. The largest absolute Gasteiger partial charge is 0.326 e. The van der Waals surface area contributed by atoms with Crippen molar-refractivity contribution in [2.45, 2.75) is 33.7 Å². The molecule has 0 radical (unpaired) electrons. The topological polar surface area (TPSA) is 44.4 Å². The fourth-order valence-corrected chi connectivity index (χ4v) is 3.15. The zero-order valence-electron chi connectivity index (χ0n) is 13.6. The Morgan fingerprint density at radius 1 is 1.19 bits per heavy atom. The van der Waals surface area contributed by atoms with Crippen molar-refractivity contribution >= 4 is 11.6 Å². The average molecular weight is 289 g/mol. The summed E-state index contributed by atoms with van der Waals surface area (Å²) < 4.78 is 0. The van der Waals surface area contributed by atoms with E-state index >= 15 is 0 Å². The lowest BCUT2D eigenvalue weighted by atomic mass is 9.81. The van der Waals surface area contributed by atoms with Crippen LogP contribution in [0.15, 0.2) is 24.3 Å². The summed E-state index contributed by atoms with van der Waals surface area (Å²) in [5.41, 5.74) is 2.35. The van der Waals surface area contributed by atoms with Crippen LogP contribution in [-0.2, 0) is 4.79 Å². The van der Waals surface area contributed by atoms with Crippen LogP contribution in [0.5, 0.6) is 0 Å². The Kier molecular flexibility index (Phi) is 5.01. The van der Waals surface area contributed by atoms with Gasteiger partial charge in [0.2, 0.25) is 5.91 Å². The van der Waals surface area contributed by atoms with Gasteiger partial charge in [0.1, 0.15) is 0 Å². The van der Waals surface area contributed by atoms with E-state index in [-0.39, 0.29) is 11.3 Å². The SMILES string of the molecule is CC(=O)Nc1ccc([C@@H](N2CCNCC2)C(C)(C)C)cc1. The molecule has 1 saturated heterocycles. The number of nitrogens with one attached hydrogen (secondary N) is 2. The Labute approximate surface area is 127 Å². The summed E-state index contributed by atoms with van der Waals surface area (Å²) in [4.78, 5) is 13.7. The normalized spacial score (nSPS) is 18.3. The van der Waals surface area contributed by atoms with Crippen LogP contribution in [0.4, 0.5) is 5.69 Å². The number of hydrogen-bond acceptors (Lipinski definition) is 3. The van der Waals surface area contributed by atoms with Crippen LogP contribution in [0.1, 0.15) is 39.3 Å². The van der Waals surface area contributed by atoms with Crippen molar-refractivity contribution in [3.05, 3.63) is 29.8 Å². The number of hydrogen-bond donors (Lipinski definition) is 2. The molecule has 1 atom stereocenters. The van der Waals surface area contributed by atoms with Gasteiger partial charge in [0.15, 0.2) is 0 Å². The van der Waals surface area contributed by atoms with E-state index in [0.717, 1.165) is 31.9 Å². The second kappa shape index (κ2) is 6.58. The molecule has 2 rings (SSSR count). The monoisotopic (exact) mass is 289 g/mol. The molecule has 1 fully saturated rings. The van der Waals surface area contributed by atoms with E-state index in [1.54, 1.807) is 0 Å². The van der Waals surface area contributed by atoms with E-state index < -0.39 is 0 Å². The second-order valence-corrected chi connectivity index (χ2v) is 6.86. The van der Waals surface area contributed by atoms with E-state index in [0.29, 0.717) is 6.04 Å². The van der Waals surface area contributed by atoms with Gasteiger partial charge in [0.25, 0.3) is 0 Å². The molecule has 4 nitrogen and oxygen atoms in total. The third kappa shape index (κ3) is 4.29. The Hall–Kier alpha value is -1.39. The molecule has 1 aliphatic rings. The second-order valence-electron chi connectivity index (χ2n) is 6.86. The minimum atomic E-state index is -0.0303. The molecule has 0 spiro atoms. The molecule has 0 aromatic heterocycles. The van der Waals surface area contributed by atoms with E-state index in [9.17, 15) is 4.79 Å². The van der Waals surface area contributed by atoms with E-state index in [2.05, 4.69) is 48.4 Å². The number of piperazine rings is 1. The number of amides is 1. The molecular formula is C17H27N3O. The first kappa shape index (κ1) is 16.0. The summed E-state index contributed by atoms with van der Waals surface area (Å²) in [6.07, 6.45) is 0. The highest BCUT2D eigenvalue weighted by Crippen LogP contribution is 2.38. The molecule has 2 N–H and O–H groups in total. The highest BCUT2D eigenvalue weighted by atomic mass is 16.1. The number of carbonyl (C=O) groups excluding carboxylic acids is 1. The Bertz CT molecular complexity index is 470. The lowest BCUT2D eigenvalue weighted by Gasteiger charge is -2.42. The standard InChI is InChI=1S/C17H27N3O/c1-13(21)19-15-7-5-14(6-8-15)16(17(2,3)4)20-11-9-18-10-12-20/h5-8,16,18H,9-12H2,1-4H3,(H,19,21)/t16-/m1/s1. The average Bonchev–Trinajstić information content (AvgIpc) is 2.40. The van der Waals surface area contributed by atoms with E-state index in [1.807, 2.05) is 12.1 Å². The van der Waals surface area contributed by atoms with Gasteiger partial charge in [-0.1, -0.05) is 32.9 Å². The van der Waals surface area contributed by atoms with Crippen LogP contribution in [-0.4, -0.2) is 37.0 Å². The Balaban J connectivity index is 2.22. The minimum absolute atomic E-state index is 0.0303. The summed E-state index contributed by atoms with van der Waals surface area (Å²) in [7, 11) is 0. The van der Waals surface area contributed by atoms with Crippen LogP contribution >= 0.6 is 0 Å². The number of carbonyl (C=O) groups is 1. The molecule has 1 amide bonds. The molecule has 0 unspecified atom stereocenters. The molecule has 1 aromatic rings. The summed E-state index contributed by atoms with van der Waals surface area (Å²) >= 11 is 0. The first-order chi connectivity index (χ1) is 9.88. The van der Waals surface area contributed by atoms with Gasteiger partial charge >= 0.3 is 0 Å². The fraction of sp³-hybridized carbons (Fsp3) is 0.588. The molecule has 1 aliphatic heterocycles. The highest BCUT2D eigenvalue weighted by molar-refractivity contribution is 5.88.